The molecule has 0 spiro atoms. The van der Waals surface area contributed by atoms with Crippen LogP contribution < -0.4 is 4.90 Å². The maximum atomic E-state index is 13.8. The van der Waals surface area contributed by atoms with Gasteiger partial charge in [0.25, 0.3) is 0 Å². The van der Waals surface area contributed by atoms with Crippen LogP contribution in [0.4, 0.5) is 23.2 Å². The molecule has 20 heavy (non-hydrogen) atoms. The monoisotopic (exact) mass is 291 g/mol. The van der Waals surface area contributed by atoms with Crippen LogP contribution in [-0.4, -0.2) is 24.4 Å². The lowest BCUT2D eigenvalue weighted by atomic mass is 9.95. The second kappa shape index (κ2) is 5.60. The summed E-state index contributed by atoms with van der Waals surface area (Å²) < 4.78 is 51.6. The highest BCUT2D eigenvalue weighted by Crippen LogP contribution is 2.37. The molecule has 0 bridgehead atoms. The van der Waals surface area contributed by atoms with E-state index in [-0.39, 0.29) is 31.5 Å². The molecular weight excluding hydrogens is 274 g/mol. The van der Waals surface area contributed by atoms with E-state index in [4.69, 9.17) is 0 Å². The average Bonchev–Trinajstić information content (AvgIpc) is 2.37. The third kappa shape index (κ3) is 3.06. The van der Waals surface area contributed by atoms with Gasteiger partial charge in [0.05, 0.1) is 12.0 Å². The van der Waals surface area contributed by atoms with Crippen LogP contribution in [0.25, 0.3) is 0 Å². The molecule has 1 aliphatic heterocycles. The molecule has 0 radical (unpaired) electrons. The number of aliphatic hydroxyl groups is 1. The van der Waals surface area contributed by atoms with Gasteiger partial charge in [-0.1, -0.05) is 6.07 Å². The fraction of sp³-hybridized carbons (Fsp3) is 0.571. The summed E-state index contributed by atoms with van der Waals surface area (Å²) in [5.41, 5.74) is 0.638. The molecule has 1 heterocycles. The van der Waals surface area contributed by atoms with E-state index >= 15 is 0 Å². The van der Waals surface area contributed by atoms with Gasteiger partial charge in [0, 0.05) is 24.3 Å². The summed E-state index contributed by atoms with van der Waals surface area (Å²) in [6.07, 6.45) is -5.16. The van der Waals surface area contributed by atoms with Crippen molar-refractivity contribution in [2.45, 2.75) is 32.0 Å². The first-order chi connectivity index (χ1) is 9.30. The van der Waals surface area contributed by atoms with Crippen LogP contribution in [0.3, 0.4) is 0 Å². The number of benzene rings is 1. The maximum absolute atomic E-state index is 13.8. The molecule has 2 nitrogen and oxygen atoms in total. The molecule has 0 amide bonds. The molecule has 2 rings (SSSR count). The molecule has 1 aromatic rings. The van der Waals surface area contributed by atoms with Crippen LogP contribution in [-0.2, 0) is 0 Å². The van der Waals surface area contributed by atoms with Crippen LogP contribution in [0.15, 0.2) is 18.2 Å². The van der Waals surface area contributed by atoms with Gasteiger partial charge < -0.3 is 10.0 Å². The Bertz CT molecular complexity index is 465. The van der Waals surface area contributed by atoms with Crippen LogP contribution >= 0.6 is 0 Å². The molecule has 1 aliphatic rings. The predicted molar refractivity (Wildman–Crippen MR) is 68.0 cm³/mol. The van der Waals surface area contributed by atoms with E-state index in [1.165, 1.54) is 19.1 Å². The highest BCUT2D eigenvalue weighted by atomic mass is 19.4. The lowest BCUT2D eigenvalue weighted by Crippen LogP contribution is -2.39. The second-order valence-corrected chi connectivity index (χ2v) is 5.15. The van der Waals surface area contributed by atoms with E-state index in [1.807, 2.05) is 0 Å². The largest absolute Gasteiger partial charge is 0.391 e. The second-order valence-electron chi connectivity index (χ2n) is 5.15. The molecule has 0 aliphatic carbocycles. The van der Waals surface area contributed by atoms with Crippen molar-refractivity contribution in [3.63, 3.8) is 0 Å². The summed E-state index contributed by atoms with van der Waals surface area (Å²) in [5.74, 6) is -1.82. The summed E-state index contributed by atoms with van der Waals surface area (Å²) >= 11 is 0. The SMILES string of the molecule is C[C@@H](O)c1c(F)cccc1N1CCC(C(F)(F)F)CC1. The summed E-state index contributed by atoms with van der Waals surface area (Å²) in [4.78, 5) is 1.72. The molecule has 1 saturated heterocycles. The zero-order chi connectivity index (χ0) is 14.9. The first kappa shape index (κ1) is 15.1. The lowest BCUT2D eigenvalue weighted by Gasteiger charge is -2.35. The van der Waals surface area contributed by atoms with Crippen LogP contribution in [0.1, 0.15) is 31.4 Å². The molecule has 1 N–H and O–H groups in total. The van der Waals surface area contributed by atoms with Gasteiger partial charge in [-0.05, 0) is 31.9 Å². The molecule has 1 aromatic carbocycles. The van der Waals surface area contributed by atoms with Crippen molar-refractivity contribution in [1.82, 2.24) is 0 Å². The molecular formula is C14H17F4NO. The molecule has 1 atom stereocenters. The smallest absolute Gasteiger partial charge is 0.389 e. The van der Waals surface area contributed by atoms with Gasteiger partial charge >= 0.3 is 6.18 Å². The number of aliphatic hydroxyl groups excluding tert-OH is 1. The first-order valence-electron chi connectivity index (χ1n) is 6.59. The van der Waals surface area contributed by atoms with Gasteiger partial charge in [-0.2, -0.15) is 13.2 Å². The van der Waals surface area contributed by atoms with Crippen molar-refractivity contribution in [3.8, 4) is 0 Å². The zero-order valence-electron chi connectivity index (χ0n) is 11.1. The highest BCUT2D eigenvalue weighted by molar-refractivity contribution is 5.55. The van der Waals surface area contributed by atoms with Gasteiger partial charge in [0.2, 0.25) is 0 Å². The summed E-state index contributed by atoms with van der Waals surface area (Å²) in [6, 6.07) is 4.39. The van der Waals surface area contributed by atoms with Crippen molar-refractivity contribution in [1.29, 1.82) is 0 Å². The number of piperidine rings is 1. The Balaban J connectivity index is 2.17. The maximum Gasteiger partial charge on any atom is 0.391 e. The minimum atomic E-state index is -4.17. The van der Waals surface area contributed by atoms with Crippen LogP contribution in [0.2, 0.25) is 0 Å². The van der Waals surface area contributed by atoms with Crippen molar-refractivity contribution in [3.05, 3.63) is 29.6 Å². The third-order valence-electron chi connectivity index (χ3n) is 3.75. The number of halogens is 4. The molecule has 6 heteroatoms. The highest BCUT2D eigenvalue weighted by Gasteiger charge is 2.41. The molecule has 0 unspecified atom stereocenters. The van der Waals surface area contributed by atoms with Gasteiger partial charge in [0.15, 0.2) is 0 Å². The number of hydrogen-bond donors (Lipinski definition) is 1. The zero-order valence-corrected chi connectivity index (χ0v) is 11.1. The Morgan fingerprint density at radius 3 is 2.35 bits per heavy atom. The van der Waals surface area contributed by atoms with Gasteiger partial charge in [-0.3, -0.25) is 0 Å². The van der Waals surface area contributed by atoms with Gasteiger partial charge in [-0.15, -0.1) is 0 Å². The van der Waals surface area contributed by atoms with E-state index < -0.39 is 24.0 Å². The summed E-state index contributed by atoms with van der Waals surface area (Å²) in [6.45, 7) is 1.88. The number of nitrogens with zero attached hydrogens (tertiary/aromatic N) is 1. The fourth-order valence-electron chi connectivity index (χ4n) is 2.66. The Hall–Kier alpha value is -1.30. The van der Waals surface area contributed by atoms with Gasteiger partial charge in [-0.25, -0.2) is 4.39 Å². The average molecular weight is 291 g/mol. The molecule has 1 fully saturated rings. The fourth-order valence-corrected chi connectivity index (χ4v) is 2.66. The lowest BCUT2D eigenvalue weighted by molar-refractivity contribution is -0.179. The van der Waals surface area contributed by atoms with Crippen molar-refractivity contribution >= 4 is 5.69 Å². The molecule has 112 valence electrons. The Morgan fingerprint density at radius 2 is 1.85 bits per heavy atom. The summed E-state index contributed by atoms with van der Waals surface area (Å²) in [5, 5.41) is 9.65. The minimum Gasteiger partial charge on any atom is -0.389 e. The predicted octanol–water partition coefficient (Wildman–Crippen LogP) is 3.66. The van der Waals surface area contributed by atoms with Crippen molar-refractivity contribution in [2.75, 3.05) is 18.0 Å². The van der Waals surface area contributed by atoms with E-state index in [2.05, 4.69) is 0 Å². The Labute approximate surface area is 115 Å². The number of anilines is 1. The first-order valence-corrected chi connectivity index (χ1v) is 6.59. The molecule has 0 saturated carbocycles. The van der Waals surface area contributed by atoms with Crippen molar-refractivity contribution in [2.24, 2.45) is 5.92 Å². The third-order valence-corrected chi connectivity index (χ3v) is 3.75. The minimum absolute atomic E-state index is 0.000731. The number of hydrogen-bond acceptors (Lipinski definition) is 2. The van der Waals surface area contributed by atoms with Crippen LogP contribution in [0, 0.1) is 11.7 Å². The number of alkyl halides is 3. The number of rotatable bonds is 2. The van der Waals surface area contributed by atoms with E-state index in [0.29, 0.717) is 5.69 Å². The topological polar surface area (TPSA) is 23.5 Å². The molecule has 0 aromatic heterocycles. The Kier molecular flexibility index (Phi) is 4.22. The van der Waals surface area contributed by atoms with Crippen LogP contribution in [0.5, 0.6) is 0 Å². The van der Waals surface area contributed by atoms with E-state index in [9.17, 15) is 22.7 Å². The van der Waals surface area contributed by atoms with E-state index in [0.717, 1.165) is 0 Å². The van der Waals surface area contributed by atoms with Gasteiger partial charge in [0.1, 0.15) is 5.82 Å². The standard InChI is InChI=1S/C14H17F4NO/c1-9(20)13-11(15)3-2-4-12(13)19-7-5-10(6-8-19)14(16,17)18/h2-4,9-10,20H,5-8H2,1H3/t9-/m1/s1. The quantitative estimate of drug-likeness (QED) is 0.841. The Morgan fingerprint density at radius 1 is 1.25 bits per heavy atom. The van der Waals surface area contributed by atoms with Crippen molar-refractivity contribution < 1.29 is 22.7 Å². The normalized spacial score (nSPS) is 19.2. The van der Waals surface area contributed by atoms with E-state index in [1.54, 1.807) is 11.0 Å². The summed E-state index contributed by atoms with van der Waals surface area (Å²) in [7, 11) is 0.